The third-order valence-corrected chi connectivity index (χ3v) is 4.00. The molecular formula is C15H19N3O2. The molecule has 1 fully saturated rings. The maximum atomic E-state index is 12.4. The fourth-order valence-corrected chi connectivity index (χ4v) is 2.85. The van der Waals surface area contributed by atoms with E-state index in [2.05, 4.69) is 10.3 Å². The van der Waals surface area contributed by atoms with Gasteiger partial charge in [-0.2, -0.15) is 0 Å². The van der Waals surface area contributed by atoms with Crippen LogP contribution in [0, 0.1) is 0 Å². The van der Waals surface area contributed by atoms with Crippen LogP contribution < -0.4 is 11.1 Å². The summed E-state index contributed by atoms with van der Waals surface area (Å²) in [6.45, 7) is 0. The van der Waals surface area contributed by atoms with Crippen molar-refractivity contribution in [2.75, 3.05) is 5.73 Å². The number of carbonyl (C=O) groups is 1. The Bertz CT molecular complexity index is 635. The number of nitrogens with one attached hydrogen (secondary N) is 2. The molecule has 0 bridgehead atoms. The third kappa shape index (κ3) is 2.36. The number of H-pyrrole nitrogens is 1. The first kappa shape index (κ1) is 13.0. The highest BCUT2D eigenvalue weighted by Gasteiger charge is 2.25. The summed E-state index contributed by atoms with van der Waals surface area (Å²) >= 11 is 0. The number of nitrogens with two attached hydrogens (primary N) is 1. The Hall–Kier alpha value is -2.01. The van der Waals surface area contributed by atoms with Crippen molar-refractivity contribution in [2.45, 2.75) is 37.8 Å². The average Bonchev–Trinajstić information content (AvgIpc) is 2.84. The van der Waals surface area contributed by atoms with E-state index in [0.29, 0.717) is 11.3 Å². The molecule has 5 N–H and O–H groups in total. The van der Waals surface area contributed by atoms with Crippen LogP contribution in [0.15, 0.2) is 24.4 Å². The van der Waals surface area contributed by atoms with E-state index < -0.39 is 6.10 Å². The summed E-state index contributed by atoms with van der Waals surface area (Å²) in [4.78, 5) is 15.4. The number of hydrogen-bond acceptors (Lipinski definition) is 3. The molecule has 3 rings (SSSR count). The maximum Gasteiger partial charge on any atom is 0.253 e. The Morgan fingerprint density at radius 1 is 1.35 bits per heavy atom. The van der Waals surface area contributed by atoms with Crippen LogP contribution in [0.4, 0.5) is 5.69 Å². The van der Waals surface area contributed by atoms with Crippen LogP contribution in [-0.4, -0.2) is 28.1 Å². The number of nitrogen functional groups attached to an aromatic ring is 1. The second-order valence-corrected chi connectivity index (χ2v) is 5.44. The summed E-state index contributed by atoms with van der Waals surface area (Å²) in [7, 11) is 0. The molecule has 2 atom stereocenters. The van der Waals surface area contributed by atoms with Gasteiger partial charge in [-0.15, -0.1) is 0 Å². The van der Waals surface area contributed by atoms with Crippen LogP contribution in [0.1, 0.15) is 36.0 Å². The standard InChI is InChI=1S/C15H19N3O2/c16-9-5-6-12-10(7-9)11(8-17-12)15(20)18-13-3-1-2-4-14(13)19/h5-8,13-14,17,19H,1-4,16H2,(H,18,20)/t13-,14-/m0/s1. The van der Waals surface area contributed by atoms with Crippen LogP contribution in [0.3, 0.4) is 0 Å². The number of benzene rings is 1. The van der Waals surface area contributed by atoms with Gasteiger partial charge in [0.2, 0.25) is 0 Å². The van der Waals surface area contributed by atoms with Gasteiger partial charge in [-0.05, 0) is 31.0 Å². The number of amides is 1. The largest absolute Gasteiger partial charge is 0.399 e. The average molecular weight is 273 g/mol. The molecule has 0 saturated heterocycles. The molecular weight excluding hydrogens is 254 g/mol. The monoisotopic (exact) mass is 273 g/mol. The van der Waals surface area contributed by atoms with Crippen molar-refractivity contribution >= 4 is 22.5 Å². The molecule has 1 saturated carbocycles. The van der Waals surface area contributed by atoms with Crippen molar-refractivity contribution in [2.24, 2.45) is 0 Å². The first-order valence-electron chi connectivity index (χ1n) is 7.00. The van der Waals surface area contributed by atoms with Gasteiger partial charge in [0.15, 0.2) is 0 Å². The van der Waals surface area contributed by atoms with E-state index in [9.17, 15) is 9.90 Å². The quantitative estimate of drug-likeness (QED) is 0.629. The smallest absolute Gasteiger partial charge is 0.253 e. The van der Waals surface area contributed by atoms with Crippen LogP contribution in [0.2, 0.25) is 0 Å². The Balaban J connectivity index is 1.83. The predicted molar refractivity (Wildman–Crippen MR) is 78.4 cm³/mol. The van der Waals surface area contributed by atoms with Crippen molar-refractivity contribution in [1.82, 2.24) is 10.3 Å². The van der Waals surface area contributed by atoms with Gasteiger partial charge in [0.05, 0.1) is 17.7 Å². The molecule has 1 aromatic heterocycles. The Morgan fingerprint density at radius 3 is 2.95 bits per heavy atom. The summed E-state index contributed by atoms with van der Waals surface area (Å²) < 4.78 is 0. The molecule has 0 unspecified atom stereocenters. The van der Waals surface area contributed by atoms with Gasteiger partial charge in [0.1, 0.15) is 0 Å². The van der Waals surface area contributed by atoms with Crippen molar-refractivity contribution < 1.29 is 9.90 Å². The second kappa shape index (κ2) is 5.17. The van der Waals surface area contributed by atoms with Gasteiger partial charge in [0, 0.05) is 22.8 Å². The van der Waals surface area contributed by atoms with Gasteiger partial charge >= 0.3 is 0 Å². The number of hydrogen-bond donors (Lipinski definition) is 4. The highest BCUT2D eigenvalue weighted by Crippen LogP contribution is 2.23. The normalized spacial score (nSPS) is 22.9. The molecule has 1 aliphatic carbocycles. The van der Waals surface area contributed by atoms with Crippen LogP contribution in [-0.2, 0) is 0 Å². The number of aromatic amines is 1. The van der Waals surface area contributed by atoms with Crippen LogP contribution >= 0.6 is 0 Å². The predicted octanol–water partition coefficient (Wildman–Crippen LogP) is 1.78. The van der Waals surface area contributed by atoms with E-state index in [4.69, 9.17) is 5.73 Å². The Kier molecular flexibility index (Phi) is 3.36. The summed E-state index contributed by atoms with van der Waals surface area (Å²) in [5.41, 5.74) is 7.86. The molecule has 5 nitrogen and oxygen atoms in total. The molecule has 5 heteroatoms. The van der Waals surface area contributed by atoms with Gasteiger partial charge < -0.3 is 21.1 Å². The first-order chi connectivity index (χ1) is 9.65. The van der Waals surface area contributed by atoms with Gasteiger partial charge in [-0.25, -0.2) is 0 Å². The molecule has 1 amide bonds. The number of carbonyl (C=O) groups excluding carboxylic acids is 1. The molecule has 0 spiro atoms. The van der Waals surface area contributed by atoms with E-state index in [-0.39, 0.29) is 11.9 Å². The molecule has 1 aromatic carbocycles. The molecule has 2 aromatic rings. The van der Waals surface area contributed by atoms with Crippen molar-refractivity contribution in [3.63, 3.8) is 0 Å². The molecule has 1 aliphatic rings. The highest BCUT2D eigenvalue weighted by molar-refractivity contribution is 6.07. The van der Waals surface area contributed by atoms with Gasteiger partial charge in [-0.3, -0.25) is 4.79 Å². The summed E-state index contributed by atoms with van der Waals surface area (Å²) in [5.74, 6) is -0.159. The number of fused-ring (bicyclic) bond motifs is 1. The lowest BCUT2D eigenvalue weighted by Gasteiger charge is -2.28. The zero-order chi connectivity index (χ0) is 14.1. The SMILES string of the molecule is Nc1ccc2[nH]cc(C(=O)N[C@H]3CCCC[C@@H]3O)c2c1. The van der Waals surface area contributed by atoms with Gasteiger partial charge in [0.25, 0.3) is 5.91 Å². The summed E-state index contributed by atoms with van der Waals surface area (Å²) in [6.07, 6.45) is 4.90. The number of aliphatic hydroxyl groups excluding tert-OH is 1. The minimum absolute atomic E-state index is 0.151. The molecule has 1 heterocycles. The minimum Gasteiger partial charge on any atom is -0.399 e. The highest BCUT2D eigenvalue weighted by atomic mass is 16.3. The molecule has 0 radical (unpaired) electrons. The van der Waals surface area contributed by atoms with Crippen molar-refractivity contribution in [3.05, 3.63) is 30.0 Å². The fraction of sp³-hybridized carbons (Fsp3) is 0.400. The van der Waals surface area contributed by atoms with E-state index in [0.717, 1.165) is 36.6 Å². The number of aromatic nitrogens is 1. The lowest BCUT2D eigenvalue weighted by atomic mass is 9.92. The zero-order valence-electron chi connectivity index (χ0n) is 11.2. The lowest BCUT2D eigenvalue weighted by molar-refractivity contribution is 0.0718. The fourth-order valence-electron chi connectivity index (χ4n) is 2.85. The lowest BCUT2D eigenvalue weighted by Crippen LogP contribution is -2.45. The summed E-state index contributed by atoms with van der Waals surface area (Å²) in [5, 5.41) is 13.7. The molecule has 106 valence electrons. The van der Waals surface area contributed by atoms with Crippen molar-refractivity contribution in [3.8, 4) is 0 Å². The zero-order valence-corrected chi connectivity index (χ0v) is 11.2. The molecule has 0 aliphatic heterocycles. The Morgan fingerprint density at radius 2 is 2.15 bits per heavy atom. The van der Waals surface area contributed by atoms with Crippen LogP contribution in [0.25, 0.3) is 10.9 Å². The molecule has 20 heavy (non-hydrogen) atoms. The Labute approximate surface area is 117 Å². The third-order valence-electron chi connectivity index (χ3n) is 4.00. The second-order valence-electron chi connectivity index (χ2n) is 5.44. The van der Waals surface area contributed by atoms with E-state index in [1.807, 2.05) is 6.07 Å². The maximum absolute atomic E-state index is 12.4. The van der Waals surface area contributed by atoms with Crippen LogP contribution in [0.5, 0.6) is 0 Å². The number of rotatable bonds is 2. The summed E-state index contributed by atoms with van der Waals surface area (Å²) in [6, 6.07) is 5.29. The van der Waals surface area contributed by atoms with Crippen molar-refractivity contribution in [1.29, 1.82) is 0 Å². The minimum atomic E-state index is -0.442. The van der Waals surface area contributed by atoms with E-state index in [1.54, 1.807) is 18.3 Å². The first-order valence-corrected chi connectivity index (χ1v) is 7.00. The number of aliphatic hydroxyl groups is 1. The van der Waals surface area contributed by atoms with Gasteiger partial charge in [-0.1, -0.05) is 12.8 Å². The van der Waals surface area contributed by atoms with E-state index >= 15 is 0 Å². The number of anilines is 1. The topological polar surface area (TPSA) is 91.1 Å². The van der Waals surface area contributed by atoms with E-state index in [1.165, 1.54) is 0 Å².